The van der Waals surface area contributed by atoms with Gasteiger partial charge in [-0.2, -0.15) is 0 Å². The summed E-state index contributed by atoms with van der Waals surface area (Å²) in [7, 11) is 1.59. The van der Waals surface area contributed by atoms with E-state index in [1.165, 1.54) is 33.8 Å². The monoisotopic (exact) mass is 509 g/mol. The van der Waals surface area contributed by atoms with Gasteiger partial charge in [-0.25, -0.2) is 4.79 Å². The van der Waals surface area contributed by atoms with Gasteiger partial charge < -0.3 is 19.5 Å². The zero-order chi connectivity index (χ0) is 23.2. The first-order valence-corrected chi connectivity index (χ1v) is 13.5. The number of aromatic nitrogens is 1. The second-order valence-corrected chi connectivity index (χ2v) is 11.1. The maximum Gasteiger partial charge on any atom is 0.323 e. The van der Waals surface area contributed by atoms with Gasteiger partial charge in [0.25, 0.3) is 0 Å². The molecule has 1 atom stereocenters. The number of carbonyl (C=O) groups excluding carboxylic acids is 1. The molecule has 1 aliphatic carbocycles. The number of fused-ring (bicyclic) bond motifs is 5. The topological polar surface area (TPSA) is 46.5 Å². The van der Waals surface area contributed by atoms with Crippen LogP contribution in [0, 0.1) is 0 Å². The Bertz CT molecular complexity index is 1360. The van der Waals surface area contributed by atoms with Gasteiger partial charge >= 0.3 is 6.03 Å². The minimum Gasteiger partial charge on any atom is -0.495 e. The molecule has 1 N–H and O–H groups in total. The smallest absolute Gasteiger partial charge is 0.323 e. The first-order valence-electron chi connectivity index (χ1n) is 11.4. The van der Waals surface area contributed by atoms with Crippen molar-refractivity contribution in [1.82, 2.24) is 9.47 Å². The quantitative estimate of drug-likeness (QED) is 0.315. The number of aryl methyl sites for hydroxylation is 1. The van der Waals surface area contributed by atoms with Crippen LogP contribution in [0.5, 0.6) is 5.75 Å². The third-order valence-electron chi connectivity index (χ3n) is 6.66. The summed E-state index contributed by atoms with van der Waals surface area (Å²) in [6.07, 6.45) is 6.79. The predicted molar refractivity (Wildman–Crippen MR) is 139 cm³/mol. The number of benzene rings is 1. The van der Waals surface area contributed by atoms with Crippen LogP contribution in [-0.2, 0) is 19.4 Å². The summed E-state index contributed by atoms with van der Waals surface area (Å²) < 4.78 is 7.78. The highest BCUT2D eigenvalue weighted by atomic mass is 35.5. The Morgan fingerprint density at radius 3 is 2.85 bits per heavy atom. The van der Waals surface area contributed by atoms with Gasteiger partial charge in [-0.1, -0.05) is 17.7 Å². The lowest BCUT2D eigenvalue weighted by atomic mass is 9.95. The van der Waals surface area contributed by atoms with Crippen molar-refractivity contribution in [3.05, 3.63) is 85.6 Å². The molecule has 1 aromatic carbocycles. The molecule has 0 spiro atoms. The van der Waals surface area contributed by atoms with Gasteiger partial charge in [0.2, 0.25) is 0 Å². The highest BCUT2D eigenvalue weighted by Gasteiger charge is 2.36. The van der Waals surface area contributed by atoms with Crippen LogP contribution in [0.15, 0.2) is 54.0 Å². The van der Waals surface area contributed by atoms with E-state index in [-0.39, 0.29) is 12.1 Å². The lowest BCUT2D eigenvalue weighted by Crippen LogP contribution is -2.37. The highest BCUT2D eigenvalue weighted by Crippen LogP contribution is 2.45. The molecule has 5 nitrogen and oxygen atoms in total. The second-order valence-electron chi connectivity index (χ2n) is 8.62. The second kappa shape index (κ2) is 8.80. The van der Waals surface area contributed by atoms with E-state index in [1.54, 1.807) is 36.6 Å². The normalized spacial score (nSPS) is 16.9. The van der Waals surface area contributed by atoms with E-state index >= 15 is 0 Å². The SMILES string of the molecule is COc1ccc(Cl)cc1NC(=O)N1Cc2c(sc3c2CCCC3)-n2cccc2[C@H]1c1cccs1. The Morgan fingerprint density at radius 1 is 1.15 bits per heavy atom. The third kappa shape index (κ3) is 3.63. The molecule has 2 amide bonds. The number of anilines is 1. The van der Waals surface area contributed by atoms with Crippen molar-refractivity contribution in [3.8, 4) is 10.8 Å². The average Bonchev–Trinajstić information content (AvgIpc) is 3.59. The standard InChI is InChI=1S/C26H24ClN3O2S2/c1-32-21-11-10-16(27)14-19(21)28-26(31)30-15-18-17-6-2-3-8-22(17)34-25(18)29-12-4-7-20(29)24(30)23-9-5-13-33-23/h4-5,7,9-14,24H,2-3,6,8,15H2,1H3,(H,28,31)/t24-/m0/s1. The van der Waals surface area contributed by atoms with Gasteiger partial charge in [0.1, 0.15) is 16.8 Å². The third-order valence-corrected chi connectivity index (χ3v) is 9.15. The molecule has 0 fully saturated rings. The summed E-state index contributed by atoms with van der Waals surface area (Å²) in [6, 6.07) is 13.3. The van der Waals surface area contributed by atoms with Crippen LogP contribution >= 0.6 is 34.3 Å². The molecule has 8 heteroatoms. The Hall–Kier alpha value is -2.74. The zero-order valence-corrected chi connectivity index (χ0v) is 21.1. The molecule has 6 rings (SSSR count). The van der Waals surface area contributed by atoms with Crippen molar-refractivity contribution in [3.63, 3.8) is 0 Å². The van der Waals surface area contributed by atoms with E-state index in [0.717, 1.165) is 23.4 Å². The molecule has 4 heterocycles. The van der Waals surface area contributed by atoms with Crippen LogP contribution in [-0.4, -0.2) is 22.6 Å². The van der Waals surface area contributed by atoms with Crippen molar-refractivity contribution >= 4 is 46.0 Å². The lowest BCUT2D eigenvalue weighted by Gasteiger charge is -2.30. The van der Waals surface area contributed by atoms with Crippen LogP contribution in [0.3, 0.4) is 0 Å². The number of carbonyl (C=O) groups is 1. The molecule has 0 saturated heterocycles. The van der Waals surface area contributed by atoms with Crippen LogP contribution < -0.4 is 10.1 Å². The molecule has 2 aliphatic rings. The molecular formula is C26H24ClN3O2S2. The summed E-state index contributed by atoms with van der Waals surface area (Å²) in [5.41, 5.74) is 4.39. The van der Waals surface area contributed by atoms with E-state index in [0.29, 0.717) is 23.0 Å². The Morgan fingerprint density at radius 2 is 2.03 bits per heavy atom. The van der Waals surface area contributed by atoms with E-state index in [9.17, 15) is 4.79 Å². The molecule has 1 aliphatic heterocycles. The zero-order valence-electron chi connectivity index (χ0n) is 18.7. The molecule has 0 radical (unpaired) electrons. The first kappa shape index (κ1) is 21.8. The van der Waals surface area contributed by atoms with Crippen molar-refractivity contribution in [2.75, 3.05) is 12.4 Å². The molecular weight excluding hydrogens is 486 g/mol. The average molecular weight is 510 g/mol. The number of thiophene rings is 2. The number of amides is 2. The Labute approximate surface area is 211 Å². The fourth-order valence-corrected chi connectivity index (χ4v) is 7.52. The number of rotatable bonds is 3. The van der Waals surface area contributed by atoms with E-state index in [1.807, 2.05) is 22.3 Å². The largest absolute Gasteiger partial charge is 0.495 e. The number of ether oxygens (including phenoxy) is 1. The highest BCUT2D eigenvalue weighted by molar-refractivity contribution is 7.15. The maximum absolute atomic E-state index is 14.0. The predicted octanol–water partition coefficient (Wildman–Crippen LogP) is 7.28. The lowest BCUT2D eigenvalue weighted by molar-refractivity contribution is 0.195. The number of halogens is 1. The number of urea groups is 1. The van der Waals surface area contributed by atoms with Gasteiger partial charge in [0.15, 0.2) is 0 Å². The van der Waals surface area contributed by atoms with Crippen LogP contribution in [0.1, 0.15) is 45.5 Å². The fourth-order valence-electron chi connectivity index (χ4n) is 5.10. The van der Waals surface area contributed by atoms with E-state index in [4.69, 9.17) is 16.3 Å². The molecule has 0 bridgehead atoms. The first-order chi connectivity index (χ1) is 16.6. The van der Waals surface area contributed by atoms with Gasteiger partial charge in [0, 0.05) is 26.5 Å². The van der Waals surface area contributed by atoms with Crippen molar-refractivity contribution in [2.45, 2.75) is 38.3 Å². The van der Waals surface area contributed by atoms with Gasteiger partial charge in [0.05, 0.1) is 25.0 Å². The van der Waals surface area contributed by atoms with E-state index < -0.39 is 0 Å². The summed E-state index contributed by atoms with van der Waals surface area (Å²) in [4.78, 5) is 18.5. The molecule has 0 saturated carbocycles. The van der Waals surface area contributed by atoms with E-state index in [2.05, 4.69) is 39.7 Å². The van der Waals surface area contributed by atoms with Gasteiger partial charge in [-0.15, -0.1) is 22.7 Å². The minimum absolute atomic E-state index is 0.171. The van der Waals surface area contributed by atoms with Gasteiger partial charge in [-0.05, 0) is 73.0 Å². The molecule has 4 aromatic rings. The van der Waals surface area contributed by atoms with Crippen molar-refractivity contribution in [2.24, 2.45) is 0 Å². The molecule has 34 heavy (non-hydrogen) atoms. The van der Waals surface area contributed by atoms with Crippen molar-refractivity contribution < 1.29 is 9.53 Å². The molecule has 3 aromatic heterocycles. The number of hydrogen-bond donors (Lipinski definition) is 1. The fraction of sp³-hybridized carbons (Fsp3) is 0.269. The van der Waals surface area contributed by atoms with Gasteiger partial charge in [-0.3, -0.25) is 0 Å². The molecule has 0 unspecified atom stereocenters. The Kier molecular flexibility index (Phi) is 5.63. The summed E-state index contributed by atoms with van der Waals surface area (Å²) in [6.45, 7) is 0.556. The van der Waals surface area contributed by atoms with Crippen molar-refractivity contribution in [1.29, 1.82) is 0 Å². The number of hydrogen-bond acceptors (Lipinski definition) is 4. The van der Waals surface area contributed by atoms with Crippen LogP contribution in [0.25, 0.3) is 5.00 Å². The van der Waals surface area contributed by atoms with Crippen LogP contribution in [0.4, 0.5) is 10.5 Å². The summed E-state index contributed by atoms with van der Waals surface area (Å²) in [5.74, 6) is 0.581. The molecule has 174 valence electrons. The summed E-state index contributed by atoms with van der Waals surface area (Å²) in [5, 5.41) is 6.96. The maximum atomic E-state index is 14.0. The number of nitrogens with zero attached hydrogens (tertiary/aromatic N) is 2. The minimum atomic E-state index is -0.195. The number of methoxy groups -OCH3 is 1. The van der Waals surface area contributed by atoms with Crippen LogP contribution in [0.2, 0.25) is 5.02 Å². The summed E-state index contributed by atoms with van der Waals surface area (Å²) >= 11 is 9.81. The number of nitrogens with one attached hydrogen (secondary N) is 1. The Balaban J connectivity index is 1.48.